The lowest BCUT2D eigenvalue weighted by Crippen LogP contribution is -2.73. The van der Waals surface area contributed by atoms with E-state index in [1.165, 1.54) is 71.9 Å². The van der Waals surface area contributed by atoms with Crippen LogP contribution in [0.2, 0.25) is 0 Å². The Morgan fingerprint density at radius 2 is 0.427 bits per heavy atom. The minimum atomic E-state index is -1.10. The fourth-order valence-corrected chi connectivity index (χ4v) is 26.7. The number of hydrogen-bond donors (Lipinski definition) is 0. The van der Waals surface area contributed by atoms with Crippen LogP contribution in [0, 0.1) is 0 Å². The molecule has 0 N–H and O–H groups in total. The van der Waals surface area contributed by atoms with Gasteiger partial charge in [0.1, 0.15) is 5.67 Å². The number of para-hydroxylation sites is 1. The molecule has 0 aliphatic heterocycles. The van der Waals surface area contributed by atoms with Crippen LogP contribution in [0.25, 0.3) is 0 Å². The number of rotatable bonds is 11. The molecule has 0 aromatic heterocycles. The molecule has 10 aromatic carbocycles. The SMILES string of the molecule is BrC12CC3(c4ccccc4)CC(c4ccccc4)(C1)CC(c1ccccc1)(C2)C3.CC(=O)N(c1ccccc1)C12CC3(c4ccccc4)CC(c4ccccc4)(CC(c4ccccc4)(C3)C1)C2.FC12CC3(c4ccccc4)CC(c4ccccc4)(C1)CC(c1ccccc1)(C2)C3. The third kappa shape index (κ3) is 10.1. The molecule has 1 amide bonds. The van der Waals surface area contributed by atoms with Gasteiger partial charge in [-0.1, -0.05) is 307 Å². The lowest BCUT2D eigenvalue weighted by Gasteiger charge is -2.72. The number of nitrogens with zero attached hydrogens (tertiary/aromatic N) is 1. The zero-order chi connectivity index (χ0) is 65.0. The Morgan fingerprint density at radius 1 is 0.260 bits per heavy atom. The molecule has 0 atom stereocenters. The molecule has 2 nitrogen and oxygen atoms in total. The number of carbonyl (C=O) groups excluding carboxylic acids is 1. The van der Waals surface area contributed by atoms with Crippen LogP contribution in [0.5, 0.6) is 0 Å². The van der Waals surface area contributed by atoms with Crippen molar-refractivity contribution in [2.45, 2.75) is 187 Å². The second-order valence-electron chi connectivity index (χ2n) is 32.7. The predicted molar refractivity (Wildman–Crippen MR) is 394 cm³/mol. The van der Waals surface area contributed by atoms with E-state index in [2.05, 4.69) is 318 Å². The van der Waals surface area contributed by atoms with E-state index in [-0.39, 0.29) is 64.5 Å². The van der Waals surface area contributed by atoms with Crippen molar-refractivity contribution in [2.24, 2.45) is 0 Å². The van der Waals surface area contributed by atoms with Gasteiger partial charge in [0.2, 0.25) is 5.91 Å². The number of halogens is 2. The highest BCUT2D eigenvalue weighted by molar-refractivity contribution is 9.10. The molecule has 22 rings (SSSR count). The highest BCUT2D eigenvalue weighted by atomic mass is 79.9. The Hall–Kier alpha value is -7.92. The molecule has 12 bridgehead atoms. The zero-order valence-electron chi connectivity index (χ0n) is 55.7. The summed E-state index contributed by atoms with van der Waals surface area (Å²) in [5.41, 5.74) is 13.0. The summed E-state index contributed by atoms with van der Waals surface area (Å²) in [6.07, 6.45) is 19.2. The standard InChI is InChI=1S/C36H35NO.C28H27Br.C28H27F/c1-28(38)37(32-20-12-5-13-21-32)36-25-33(29-14-6-2-7-15-29)22-34(26-36,30-16-8-3-9-17-30)24-35(23-33,27-36)31-18-10-4-11-19-31;2*29-28-19-25(22-10-4-1-5-11-22)16-26(20-28,23-12-6-2-7-13-23)18-27(17-25,21-28)24-14-8-3-9-15-24/h2-21H,22-27H2,1H3;2*1-15H,16-21H2. The molecular formula is C92H89BrFNO. The molecule has 0 heterocycles. The maximum atomic E-state index is 16.7. The third-order valence-electron chi connectivity index (χ3n) is 26.3. The highest BCUT2D eigenvalue weighted by Gasteiger charge is 2.73. The Labute approximate surface area is 578 Å². The van der Waals surface area contributed by atoms with Gasteiger partial charge in [-0.05, 0) is 210 Å². The van der Waals surface area contributed by atoms with Crippen LogP contribution in [-0.4, -0.2) is 21.4 Å². The van der Waals surface area contributed by atoms with Crippen LogP contribution in [0.1, 0.15) is 173 Å². The van der Waals surface area contributed by atoms with Crippen LogP contribution in [-0.2, 0) is 53.5 Å². The second-order valence-corrected chi connectivity index (χ2v) is 34.4. The predicted octanol–water partition coefficient (Wildman–Crippen LogP) is 22.2. The fourth-order valence-electron chi connectivity index (χ4n) is 25.1. The van der Waals surface area contributed by atoms with E-state index < -0.39 is 5.67 Å². The molecule has 4 heteroatoms. The Bertz CT molecular complexity index is 3800. The summed E-state index contributed by atoms with van der Waals surface area (Å²) in [6, 6.07) is 111. The fraction of sp³-hybridized carbons (Fsp3) is 0.337. The molecule has 10 aromatic rings. The Balaban J connectivity index is 0.000000110. The number of amides is 1. The zero-order valence-corrected chi connectivity index (χ0v) is 57.3. The lowest BCUT2D eigenvalue weighted by molar-refractivity contribution is -0.123. The van der Waals surface area contributed by atoms with Crippen molar-refractivity contribution in [1.29, 1.82) is 0 Å². The van der Waals surface area contributed by atoms with Gasteiger partial charge in [-0.25, -0.2) is 4.39 Å². The van der Waals surface area contributed by atoms with Gasteiger partial charge in [0.05, 0.1) is 5.54 Å². The van der Waals surface area contributed by atoms with E-state index in [0.29, 0.717) is 19.3 Å². The van der Waals surface area contributed by atoms with Gasteiger partial charge in [-0.15, -0.1) is 0 Å². The molecule has 0 spiro atoms. The third-order valence-corrected chi connectivity index (χ3v) is 27.1. The number of alkyl halides is 2. The molecule has 0 radical (unpaired) electrons. The van der Waals surface area contributed by atoms with Gasteiger partial charge < -0.3 is 4.90 Å². The van der Waals surface area contributed by atoms with Crippen LogP contribution in [0.4, 0.5) is 10.1 Å². The number of hydrogen-bond acceptors (Lipinski definition) is 1. The molecule has 0 unspecified atom stereocenters. The largest absolute Gasteiger partial charge is 0.306 e. The van der Waals surface area contributed by atoms with E-state index in [1.54, 1.807) is 23.6 Å². The van der Waals surface area contributed by atoms with Crippen molar-refractivity contribution in [2.75, 3.05) is 4.90 Å². The van der Waals surface area contributed by atoms with Crippen molar-refractivity contribution < 1.29 is 9.18 Å². The average Bonchev–Trinajstić information content (AvgIpc) is 0.683. The summed E-state index contributed by atoms with van der Waals surface area (Å²) >= 11 is 4.35. The Kier molecular flexibility index (Phi) is 14.7. The molecule has 12 aliphatic carbocycles. The van der Waals surface area contributed by atoms with E-state index >= 15 is 4.39 Å². The Morgan fingerprint density at radius 3 is 0.615 bits per heavy atom. The number of carbonyl (C=O) groups is 1. The maximum absolute atomic E-state index is 16.7. The van der Waals surface area contributed by atoms with Gasteiger partial charge in [0.15, 0.2) is 0 Å². The lowest BCUT2D eigenvalue weighted by atomic mass is 9.34. The molecule has 0 saturated heterocycles. The van der Waals surface area contributed by atoms with Crippen LogP contribution in [0.15, 0.2) is 303 Å². The van der Waals surface area contributed by atoms with Gasteiger partial charge in [-0.3, -0.25) is 4.79 Å². The van der Waals surface area contributed by atoms with Gasteiger partial charge in [-0.2, -0.15) is 0 Å². The first-order valence-electron chi connectivity index (χ1n) is 35.8. The topological polar surface area (TPSA) is 20.3 Å². The first kappa shape index (κ1) is 61.7. The van der Waals surface area contributed by atoms with Gasteiger partial charge in [0.25, 0.3) is 0 Å². The second kappa shape index (κ2) is 22.8. The molecule has 96 heavy (non-hydrogen) atoms. The van der Waals surface area contributed by atoms with Crippen molar-refractivity contribution in [3.63, 3.8) is 0 Å². The van der Waals surface area contributed by atoms with Crippen molar-refractivity contribution in [3.8, 4) is 0 Å². The molecule has 482 valence electrons. The van der Waals surface area contributed by atoms with E-state index in [4.69, 9.17) is 0 Å². The van der Waals surface area contributed by atoms with Crippen molar-refractivity contribution in [3.05, 3.63) is 353 Å². The summed E-state index contributed by atoms with van der Waals surface area (Å²) < 4.78 is 16.9. The van der Waals surface area contributed by atoms with E-state index in [9.17, 15) is 4.79 Å². The van der Waals surface area contributed by atoms with E-state index in [0.717, 1.165) is 63.5 Å². The quantitative estimate of drug-likeness (QED) is 0.118. The molecular weight excluding hydrogens is 1230 g/mol. The summed E-state index contributed by atoms with van der Waals surface area (Å²) in [4.78, 5) is 15.9. The van der Waals surface area contributed by atoms with Gasteiger partial charge >= 0.3 is 0 Å². The van der Waals surface area contributed by atoms with E-state index in [1.807, 2.05) is 6.07 Å². The van der Waals surface area contributed by atoms with Crippen LogP contribution >= 0.6 is 15.9 Å². The minimum absolute atomic E-state index is 0.00975. The summed E-state index contributed by atoms with van der Waals surface area (Å²) in [7, 11) is 0. The van der Waals surface area contributed by atoms with Crippen molar-refractivity contribution in [1.82, 2.24) is 0 Å². The first-order valence-corrected chi connectivity index (χ1v) is 36.6. The first-order chi connectivity index (χ1) is 46.6. The summed E-state index contributed by atoms with van der Waals surface area (Å²) in [5.74, 6) is 0.146. The average molecular weight is 1320 g/mol. The minimum Gasteiger partial charge on any atom is -0.306 e. The smallest absolute Gasteiger partial charge is 0.224 e. The highest BCUT2D eigenvalue weighted by Crippen LogP contribution is 2.77. The van der Waals surface area contributed by atoms with Crippen LogP contribution < -0.4 is 4.90 Å². The molecule has 12 fully saturated rings. The van der Waals surface area contributed by atoms with Crippen molar-refractivity contribution >= 4 is 27.5 Å². The summed E-state index contributed by atoms with van der Waals surface area (Å²) in [6.45, 7) is 1.77. The normalized spacial score (nSPS) is 35.0. The molecule has 12 saturated carbocycles. The monoisotopic (exact) mass is 1320 g/mol. The molecule has 12 aliphatic rings. The number of anilines is 1. The van der Waals surface area contributed by atoms with Crippen LogP contribution in [0.3, 0.4) is 0 Å². The number of benzene rings is 10. The summed E-state index contributed by atoms with van der Waals surface area (Å²) in [5, 5.41) is 0. The van der Waals surface area contributed by atoms with Gasteiger partial charge in [0, 0.05) is 33.2 Å². The maximum Gasteiger partial charge on any atom is 0.224 e.